The zero-order valence-corrected chi connectivity index (χ0v) is 21.3. The largest absolute Gasteiger partial charge is 0.393 e. The minimum absolute atomic E-state index is 0.147. The van der Waals surface area contributed by atoms with E-state index in [0.717, 1.165) is 42.4 Å². The van der Waals surface area contributed by atoms with Crippen LogP contribution in [0.5, 0.6) is 0 Å². The summed E-state index contributed by atoms with van der Waals surface area (Å²) in [6, 6.07) is 0. The normalized spacial score (nSPS) is 44.4. The van der Waals surface area contributed by atoms with E-state index in [0.29, 0.717) is 17.3 Å². The van der Waals surface area contributed by atoms with Gasteiger partial charge in [-0.15, -0.1) is 0 Å². The van der Waals surface area contributed by atoms with Crippen molar-refractivity contribution in [1.29, 1.82) is 0 Å². The summed E-state index contributed by atoms with van der Waals surface area (Å²) in [5.74, 6) is 4.82. The predicted octanol–water partition coefficient (Wildman–Crippen LogP) is 7.97. The van der Waals surface area contributed by atoms with E-state index in [4.69, 9.17) is 0 Å². The highest BCUT2D eigenvalue weighted by Gasteiger charge is 2.56. The van der Waals surface area contributed by atoms with Crippen molar-refractivity contribution in [3.63, 3.8) is 0 Å². The summed E-state index contributed by atoms with van der Waals surface area (Å²) in [6.07, 6.45) is 18.8. The van der Waals surface area contributed by atoms with E-state index < -0.39 is 0 Å². The zero-order chi connectivity index (χ0) is 22.6. The van der Waals surface area contributed by atoms with Crippen LogP contribution in [-0.4, -0.2) is 11.2 Å². The van der Waals surface area contributed by atoms with Gasteiger partial charge in [0.05, 0.1) is 6.10 Å². The zero-order valence-electron chi connectivity index (χ0n) is 21.3. The van der Waals surface area contributed by atoms with Crippen LogP contribution in [0, 0.1) is 52.3 Å². The number of aliphatic hydroxyl groups is 1. The van der Waals surface area contributed by atoms with Crippen molar-refractivity contribution in [2.75, 3.05) is 0 Å². The molecule has 4 aliphatic rings. The Morgan fingerprint density at radius 3 is 2.48 bits per heavy atom. The van der Waals surface area contributed by atoms with Gasteiger partial charge in [-0.25, -0.2) is 0 Å². The van der Waals surface area contributed by atoms with Crippen LogP contribution in [0.1, 0.15) is 93.4 Å². The first-order chi connectivity index (χ1) is 14.6. The van der Waals surface area contributed by atoms with Gasteiger partial charge in [0.25, 0.3) is 0 Å². The van der Waals surface area contributed by atoms with Gasteiger partial charge in [-0.2, -0.15) is 0 Å². The molecule has 0 aromatic heterocycles. The number of aliphatic hydroxyl groups excluding tert-OH is 1. The maximum Gasteiger partial charge on any atom is 0.0603 e. The smallest absolute Gasteiger partial charge is 0.0603 e. The maximum absolute atomic E-state index is 10.5. The van der Waals surface area contributed by atoms with Gasteiger partial charge in [0, 0.05) is 11.3 Å². The molecular weight excluding hydrogens is 376 g/mol. The summed E-state index contributed by atoms with van der Waals surface area (Å²) in [4.78, 5) is 0. The number of fused-ring (bicyclic) bond motifs is 5. The molecule has 1 N–H and O–H groups in total. The Morgan fingerprint density at radius 2 is 1.81 bits per heavy atom. The van der Waals surface area contributed by atoms with Gasteiger partial charge in [-0.1, -0.05) is 83.9 Å². The molecule has 0 aliphatic heterocycles. The molecule has 2 saturated carbocycles. The molecule has 4 aliphatic carbocycles. The van der Waals surface area contributed by atoms with Crippen molar-refractivity contribution in [3.8, 4) is 0 Å². The fourth-order valence-corrected chi connectivity index (χ4v) is 8.54. The molecule has 0 saturated heterocycles. The van der Waals surface area contributed by atoms with E-state index >= 15 is 0 Å². The van der Waals surface area contributed by atoms with Crippen LogP contribution in [-0.2, 0) is 0 Å². The number of rotatable bonds is 5. The summed E-state index contributed by atoms with van der Waals surface area (Å²) >= 11 is 0. The van der Waals surface area contributed by atoms with E-state index in [2.05, 4.69) is 72.8 Å². The molecule has 0 aromatic carbocycles. The van der Waals surface area contributed by atoms with Gasteiger partial charge >= 0.3 is 0 Å². The van der Waals surface area contributed by atoms with Crippen LogP contribution >= 0.6 is 0 Å². The van der Waals surface area contributed by atoms with Crippen LogP contribution in [0.4, 0.5) is 0 Å². The van der Waals surface area contributed by atoms with Crippen molar-refractivity contribution in [2.24, 2.45) is 52.3 Å². The molecule has 1 heteroatoms. The summed E-state index contributed by atoms with van der Waals surface area (Å²) < 4.78 is 0. The van der Waals surface area contributed by atoms with Crippen molar-refractivity contribution in [3.05, 3.63) is 35.5 Å². The molecule has 0 aromatic rings. The second kappa shape index (κ2) is 8.51. The van der Waals surface area contributed by atoms with Crippen LogP contribution < -0.4 is 0 Å². The third-order valence-electron chi connectivity index (χ3n) is 10.6. The molecule has 0 unspecified atom stereocenters. The minimum atomic E-state index is -0.147. The summed E-state index contributed by atoms with van der Waals surface area (Å²) in [6.45, 7) is 16.9. The van der Waals surface area contributed by atoms with E-state index in [1.54, 1.807) is 11.1 Å². The predicted molar refractivity (Wildman–Crippen MR) is 133 cm³/mol. The van der Waals surface area contributed by atoms with Crippen LogP contribution in [0.2, 0.25) is 0 Å². The quantitative estimate of drug-likeness (QED) is 0.444. The topological polar surface area (TPSA) is 20.2 Å². The molecule has 0 radical (unpaired) electrons. The molecule has 31 heavy (non-hydrogen) atoms. The molecule has 0 heterocycles. The fraction of sp³-hybridized carbons (Fsp3) is 0.800. The highest BCUT2D eigenvalue weighted by molar-refractivity contribution is 5.40. The molecule has 4 rings (SSSR count). The Morgan fingerprint density at radius 1 is 1.06 bits per heavy atom. The van der Waals surface area contributed by atoms with Gasteiger partial charge in [0.15, 0.2) is 0 Å². The lowest BCUT2D eigenvalue weighted by Gasteiger charge is -2.55. The first-order valence-electron chi connectivity index (χ1n) is 13.4. The molecule has 0 amide bonds. The van der Waals surface area contributed by atoms with Crippen LogP contribution in [0.15, 0.2) is 35.5 Å². The molecule has 0 bridgehead atoms. The number of hydrogen-bond donors (Lipinski definition) is 1. The second-order valence-electron chi connectivity index (χ2n) is 12.4. The molecule has 174 valence electrons. The number of allylic oxidation sites excluding steroid dienone is 5. The third-order valence-corrected chi connectivity index (χ3v) is 10.6. The van der Waals surface area contributed by atoms with Gasteiger partial charge in [-0.3, -0.25) is 0 Å². The molecule has 0 spiro atoms. The Labute approximate surface area is 192 Å². The SMILES string of the molecule is CC[C@@H](/C=C/[C@@H](C)[C@H]1CC[C@H]2[C@@H]3CC=C4[C@H](C)[C@@H](O)CC[C@]4(C)C3=CC[C@]12C)C(C)C. The fourth-order valence-electron chi connectivity index (χ4n) is 8.54. The molecular formula is C30H48O. The highest BCUT2D eigenvalue weighted by Crippen LogP contribution is 2.65. The molecule has 1 nitrogen and oxygen atoms in total. The van der Waals surface area contributed by atoms with Crippen molar-refractivity contribution in [2.45, 2.75) is 99.5 Å². The Bertz CT molecular complexity index is 756. The summed E-state index contributed by atoms with van der Waals surface area (Å²) in [5.41, 5.74) is 3.94. The Balaban J connectivity index is 1.57. The van der Waals surface area contributed by atoms with Crippen molar-refractivity contribution >= 4 is 0 Å². The van der Waals surface area contributed by atoms with E-state index in [9.17, 15) is 5.11 Å². The summed E-state index contributed by atoms with van der Waals surface area (Å²) in [5, 5.41) is 10.5. The Hall–Kier alpha value is -0.820. The highest BCUT2D eigenvalue weighted by atomic mass is 16.3. The molecule has 2 fully saturated rings. The molecule has 9 atom stereocenters. The van der Waals surface area contributed by atoms with E-state index in [1.165, 1.54) is 32.1 Å². The summed E-state index contributed by atoms with van der Waals surface area (Å²) in [7, 11) is 0. The first kappa shape index (κ1) is 23.3. The van der Waals surface area contributed by atoms with Gasteiger partial charge < -0.3 is 5.11 Å². The van der Waals surface area contributed by atoms with Crippen molar-refractivity contribution < 1.29 is 5.11 Å². The Kier molecular flexibility index (Phi) is 6.41. The monoisotopic (exact) mass is 424 g/mol. The lowest BCUT2D eigenvalue weighted by molar-refractivity contribution is 0.0490. The van der Waals surface area contributed by atoms with Crippen LogP contribution in [0.3, 0.4) is 0 Å². The standard InChI is InChI=1S/C30H48O/c1-8-22(19(2)3)10-9-20(4)24-13-14-26-23-11-12-25-21(5)28(31)16-18-30(25,7)27(23)15-17-29(24,26)6/h9-10,12,15,19-24,26,28,31H,8,11,13-14,16-18H2,1-7H3/b10-9+/t20-,21+,22+,23+,24-,26+,28+,29-,30+/m1/s1. The first-order valence-corrected chi connectivity index (χ1v) is 13.4. The average molecular weight is 425 g/mol. The van der Waals surface area contributed by atoms with Crippen molar-refractivity contribution in [1.82, 2.24) is 0 Å². The number of hydrogen-bond acceptors (Lipinski definition) is 1. The average Bonchev–Trinajstić information content (AvgIpc) is 3.08. The lowest BCUT2D eigenvalue weighted by atomic mass is 9.50. The minimum Gasteiger partial charge on any atom is -0.393 e. The second-order valence-corrected chi connectivity index (χ2v) is 12.4. The van der Waals surface area contributed by atoms with Gasteiger partial charge in [0.2, 0.25) is 0 Å². The maximum atomic E-state index is 10.5. The van der Waals surface area contributed by atoms with Gasteiger partial charge in [0.1, 0.15) is 0 Å². The lowest BCUT2D eigenvalue weighted by Crippen LogP contribution is -2.47. The van der Waals surface area contributed by atoms with Crippen LogP contribution in [0.25, 0.3) is 0 Å². The van der Waals surface area contributed by atoms with Gasteiger partial charge in [-0.05, 0) is 85.9 Å². The van der Waals surface area contributed by atoms with E-state index in [1.807, 2.05) is 0 Å². The van der Waals surface area contributed by atoms with E-state index in [-0.39, 0.29) is 11.5 Å². The third kappa shape index (κ3) is 3.71.